The lowest BCUT2D eigenvalue weighted by Gasteiger charge is -2.31. The summed E-state index contributed by atoms with van der Waals surface area (Å²) in [7, 11) is 0. The van der Waals surface area contributed by atoms with Crippen molar-refractivity contribution in [3.05, 3.63) is 47.2 Å². The van der Waals surface area contributed by atoms with E-state index in [1.54, 1.807) is 26.0 Å². The van der Waals surface area contributed by atoms with Crippen LogP contribution in [0.5, 0.6) is 11.5 Å². The molecule has 1 saturated carbocycles. The molecule has 1 N–H and O–H groups in total. The predicted octanol–water partition coefficient (Wildman–Crippen LogP) is 4.78. The smallest absolute Gasteiger partial charge is 0.416 e. The molecule has 162 valence electrons. The van der Waals surface area contributed by atoms with Crippen molar-refractivity contribution in [2.24, 2.45) is 11.8 Å². The van der Waals surface area contributed by atoms with Gasteiger partial charge in [-0.05, 0) is 37.6 Å². The van der Waals surface area contributed by atoms with Crippen molar-refractivity contribution in [1.29, 1.82) is 0 Å². The summed E-state index contributed by atoms with van der Waals surface area (Å²) >= 11 is 0. The van der Waals surface area contributed by atoms with E-state index in [0.717, 1.165) is 11.6 Å². The van der Waals surface area contributed by atoms with Gasteiger partial charge in [-0.2, -0.15) is 22.0 Å². The number of ether oxygens (including phenoxy) is 3. The number of rotatable bonds is 5. The second-order valence-electron chi connectivity index (χ2n) is 7.90. The first kappa shape index (κ1) is 20.5. The molecule has 0 aromatic heterocycles. The zero-order valence-corrected chi connectivity index (χ0v) is 15.8. The number of halogens is 5. The summed E-state index contributed by atoms with van der Waals surface area (Å²) < 4.78 is 80.1. The van der Waals surface area contributed by atoms with Gasteiger partial charge in [0.25, 0.3) is 0 Å². The van der Waals surface area contributed by atoms with Crippen molar-refractivity contribution < 1.29 is 46.1 Å². The first-order chi connectivity index (χ1) is 13.8. The highest BCUT2D eigenvalue weighted by Crippen LogP contribution is 2.66. The lowest BCUT2D eigenvalue weighted by molar-refractivity contribution is -0.140. The number of fused-ring (bicyclic) bond motifs is 3. The molecule has 2 fully saturated rings. The molecule has 1 aliphatic heterocycles. The number of hydrogen-bond acceptors (Lipinski definition) is 4. The lowest BCUT2D eigenvalue weighted by atomic mass is 9.90. The number of benzene rings is 1. The Kier molecular flexibility index (Phi) is 4.34. The molecule has 0 bridgehead atoms. The molecular formula is C20H17F5O5. The van der Waals surface area contributed by atoms with Crippen LogP contribution in [0.1, 0.15) is 25.8 Å². The quantitative estimate of drug-likeness (QED) is 0.679. The van der Waals surface area contributed by atoms with Gasteiger partial charge in [0.2, 0.25) is 0 Å². The van der Waals surface area contributed by atoms with Gasteiger partial charge in [0.15, 0.2) is 11.5 Å². The van der Waals surface area contributed by atoms with Gasteiger partial charge < -0.3 is 19.3 Å². The minimum absolute atomic E-state index is 0.239. The molecule has 4 rings (SSSR count). The van der Waals surface area contributed by atoms with Crippen LogP contribution in [-0.4, -0.2) is 28.9 Å². The van der Waals surface area contributed by atoms with Crippen molar-refractivity contribution in [2.75, 3.05) is 0 Å². The number of aliphatic carboxylic acids is 1. The summed E-state index contributed by atoms with van der Waals surface area (Å²) in [4.78, 5) is 11.3. The van der Waals surface area contributed by atoms with Crippen LogP contribution in [0, 0.1) is 11.8 Å². The molecule has 5 nitrogen and oxygen atoms in total. The fraction of sp³-hybridized carbons (Fsp3) is 0.450. The zero-order chi connectivity index (χ0) is 22.1. The maximum Gasteiger partial charge on any atom is 0.416 e. The highest BCUT2D eigenvalue weighted by Gasteiger charge is 2.74. The Labute approximate surface area is 167 Å². The Morgan fingerprint density at radius 1 is 1.27 bits per heavy atom. The van der Waals surface area contributed by atoms with E-state index in [1.165, 1.54) is 0 Å². The molecule has 1 saturated heterocycles. The number of alkyl halides is 5. The monoisotopic (exact) mass is 432 g/mol. The van der Waals surface area contributed by atoms with Gasteiger partial charge in [0.05, 0.1) is 5.56 Å². The minimum Gasteiger partial charge on any atom is -0.486 e. The average molecular weight is 432 g/mol. The third kappa shape index (κ3) is 3.27. The number of carboxylic acids is 1. The van der Waals surface area contributed by atoms with E-state index in [1.807, 2.05) is 0 Å². The van der Waals surface area contributed by atoms with Gasteiger partial charge in [-0.1, -0.05) is 6.08 Å². The van der Waals surface area contributed by atoms with Crippen molar-refractivity contribution in [3.8, 4) is 11.5 Å². The summed E-state index contributed by atoms with van der Waals surface area (Å²) in [6, 6.07) is 2.11. The van der Waals surface area contributed by atoms with Crippen LogP contribution in [0.25, 0.3) is 0 Å². The highest BCUT2D eigenvalue weighted by atomic mass is 19.4. The summed E-state index contributed by atoms with van der Waals surface area (Å²) in [6.07, 6.45) is -1.15. The summed E-state index contributed by atoms with van der Waals surface area (Å²) in [6.45, 7) is -0.0291. The highest BCUT2D eigenvalue weighted by molar-refractivity contribution is 5.79. The SMILES string of the molecule is CC1(Oc2ccc(C(F)(F)F)cc2OC(F)F)C=C2OC3(C)C(C(=O)O)C3C2=CC1. The first-order valence-corrected chi connectivity index (χ1v) is 9.04. The number of hydrogen-bond donors (Lipinski definition) is 1. The maximum atomic E-state index is 12.9. The second-order valence-corrected chi connectivity index (χ2v) is 7.90. The molecule has 2 aliphatic carbocycles. The number of allylic oxidation sites excluding steroid dienone is 1. The third-order valence-corrected chi connectivity index (χ3v) is 5.67. The normalized spacial score (nSPS) is 31.9. The molecular weight excluding hydrogens is 415 g/mol. The van der Waals surface area contributed by atoms with Gasteiger partial charge in [-0.3, -0.25) is 4.79 Å². The number of carbonyl (C=O) groups is 1. The van der Waals surface area contributed by atoms with E-state index in [4.69, 9.17) is 9.47 Å². The average Bonchev–Trinajstić information content (AvgIpc) is 3.09. The molecule has 30 heavy (non-hydrogen) atoms. The summed E-state index contributed by atoms with van der Waals surface area (Å²) in [5, 5.41) is 9.29. The van der Waals surface area contributed by atoms with Crippen molar-refractivity contribution >= 4 is 5.97 Å². The molecule has 10 heteroatoms. The van der Waals surface area contributed by atoms with Crippen LogP contribution in [0.3, 0.4) is 0 Å². The fourth-order valence-corrected chi connectivity index (χ4v) is 4.21. The fourth-order valence-electron chi connectivity index (χ4n) is 4.21. The molecule has 1 aromatic rings. The van der Waals surface area contributed by atoms with Gasteiger partial charge in [0, 0.05) is 18.4 Å². The largest absolute Gasteiger partial charge is 0.486 e. The van der Waals surface area contributed by atoms with E-state index in [9.17, 15) is 31.9 Å². The Morgan fingerprint density at radius 2 is 1.97 bits per heavy atom. The summed E-state index contributed by atoms with van der Waals surface area (Å²) in [5.74, 6) is -2.47. The molecule has 0 amide bonds. The molecule has 1 aromatic carbocycles. The molecule has 4 atom stereocenters. The van der Waals surface area contributed by atoms with Gasteiger partial charge >= 0.3 is 18.8 Å². The van der Waals surface area contributed by atoms with Gasteiger partial charge in [0.1, 0.15) is 22.9 Å². The standard InChI is InChI=1S/C20H17F5O5/c1-18(6-5-10-13(8-18)30-19(2)14(10)15(19)16(26)27)29-11-4-3-9(20(23,24)25)7-12(11)28-17(21)22/h3-5,7-8,14-15,17H,6H2,1-2H3,(H,26,27). The molecule has 0 spiro atoms. The van der Waals surface area contributed by atoms with Crippen molar-refractivity contribution in [1.82, 2.24) is 0 Å². The van der Waals surface area contributed by atoms with Crippen LogP contribution in [-0.2, 0) is 15.7 Å². The van der Waals surface area contributed by atoms with E-state index in [0.29, 0.717) is 17.9 Å². The van der Waals surface area contributed by atoms with E-state index in [-0.39, 0.29) is 18.1 Å². The Balaban J connectivity index is 1.59. The van der Waals surface area contributed by atoms with Crippen LogP contribution < -0.4 is 9.47 Å². The van der Waals surface area contributed by atoms with Gasteiger partial charge in [-0.25, -0.2) is 0 Å². The van der Waals surface area contributed by atoms with E-state index >= 15 is 0 Å². The molecule has 4 unspecified atom stereocenters. The number of carboxylic acid groups (broad SMARTS) is 1. The molecule has 1 heterocycles. The van der Waals surface area contributed by atoms with Crippen LogP contribution in [0.2, 0.25) is 0 Å². The van der Waals surface area contributed by atoms with Crippen LogP contribution in [0.4, 0.5) is 22.0 Å². The lowest BCUT2D eigenvalue weighted by Crippen LogP contribution is -2.32. The second kappa shape index (κ2) is 6.36. The summed E-state index contributed by atoms with van der Waals surface area (Å²) in [5.41, 5.74) is -2.38. The first-order valence-electron chi connectivity index (χ1n) is 9.04. The minimum atomic E-state index is -4.73. The predicted molar refractivity (Wildman–Crippen MR) is 92.0 cm³/mol. The Hall–Kier alpha value is -2.78. The maximum absolute atomic E-state index is 12.9. The molecule has 3 aliphatic rings. The van der Waals surface area contributed by atoms with Crippen LogP contribution >= 0.6 is 0 Å². The zero-order valence-electron chi connectivity index (χ0n) is 15.8. The third-order valence-electron chi connectivity index (χ3n) is 5.67. The molecule has 0 radical (unpaired) electrons. The van der Waals surface area contributed by atoms with Crippen molar-refractivity contribution in [3.63, 3.8) is 0 Å². The van der Waals surface area contributed by atoms with Crippen LogP contribution in [0.15, 0.2) is 41.7 Å². The van der Waals surface area contributed by atoms with E-state index in [2.05, 4.69) is 4.74 Å². The Morgan fingerprint density at radius 3 is 2.57 bits per heavy atom. The Bertz CT molecular complexity index is 969. The van der Waals surface area contributed by atoms with Crippen molar-refractivity contribution in [2.45, 2.75) is 44.3 Å². The van der Waals surface area contributed by atoms with Gasteiger partial charge in [-0.15, -0.1) is 0 Å². The van der Waals surface area contributed by atoms with E-state index < -0.39 is 47.2 Å². The topological polar surface area (TPSA) is 65.0 Å².